The Morgan fingerprint density at radius 1 is 1.23 bits per heavy atom. The molecule has 3 aliphatic heterocycles. The summed E-state index contributed by atoms with van der Waals surface area (Å²) in [6, 6.07) is 9.44. The molecule has 1 fully saturated rings. The second-order valence-electron chi connectivity index (χ2n) is 8.00. The number of carbonyl (C=O) groups excluding carboxylic acids is 1. The van der Waals surface area contributed by atoms with Gasteiger partial charge in [-0.25, -0.2) is 0 Å². The molecule has 3 aliphatic rings. The van der Waals surface area contributed by atoms with Crippen LogP contribution >= 0.6 is 0 Å². The van der Waals surface area contributed by atoms with E-state index in [4.69, 9.17) is 18.9 Å². The number of hydrogen-bond donors (Lipinski definition) is 0. The standard InChI is InChI=1S/C24H25NO5/c1-15-23-17(12-25(14-29-23)13-19-4-3-9-28-19)11-20-22(26)21(30-24(15)20)10-16-5-7-18(27-2)8-6-16/h5-8,10-11,19H,3-4,9,12-14H2,1-2H3/b21-10-. The maximum absolute atomic E-state index is 13.0. The van der Waals surface area contributed by atoms with Crippen molar-refractivity contribution in [3.63, 3.8) is 0 Å². The molecule has 2 aromatic carbocycles. The molecule has 0 aliphatic carbocycles. The van der Waals surface area contributed by atoms with Crippen molar-refractivity contribution in [2.45, 2.75) is 32.4 Å². The molecule has 0 radical (unpaired) electrons. The van der Waals surface area contributed by atoms with Gasteiger partial charge in [0.05, 0.1) is 18.8 Å². The van der Waals surface area contributed by atoms with E-state index in [0.29, 0.717) is 23.8 Å². The Balaban J connectivity index is 1.39. The first-order valence-electron chi connectivity index (χ1n) is 10.3. The fourth-order valence-electron chi connectivity index (χ4n) is 4.34. The van der Waals surface area contributed by atoms with Crippen molar-refractivity contribution in [1.82, 2.24) is 4.90 Å². The molecule has 2 aromatic rings. The van der Waals surface area contributed by atoms with Gasteiger partial charge in [0.2, 0.25) is 5.78 Å². The number of rotatable bonds is 4. The molecule has 5 rings (SSSR count). The average Bonchev–Trinajstić information content (AvgIpc) is 3.38. The van der Waals surface area contributed by atoms with Crippen molar-refractivity contribution in [3.8, 4) is 17.2 Å². The van der Waals surface area contributed by atoms with Crippen LogP contribution in [-0.2, 0) is 11.3 Å². The molecule has 0 N–H and O–H groups in total. The Hall–Kier alpha value is -2.83. The normalized spacial score (nSPS) is 21.9. The number of nitrogens with zero attached hydrogens (tertiary/aromatic N) is 1. The summed E-state index contributed by atoms with van der Waals surface area (Å²) in [7, 11) is 1.63. The number of fused-ring (bicyclic) bond motifs is 2. The summed E-state index contributed by atoms with van der Waals surface area (Å²) >= 11 is 0. The summed E-state index contributed by atoms with van der Waals surface area (Å²) in [6.45, 7) is 4.92. The first kappa shape index (κ1) is 19.2. The zero-order chi connectivity index (χ0) is 20.7. The van der Waals surface area contributed by atoms with Gasteiger partial charge in [0, 0.05) is 30.8 Å². The van der Waals surface area contributed by atoms with E-state index in [1.165, 1.54) is 0 Å². The maximum Gasteiger partial charge on any atom is 0.231 e. The minimum atomic E-state index is -0.0945. The SMILES string of the molecule is COc1ccc(/C=C2\Oc3c(cc4c(c3C)OCN(CC3CCCO3)C4)C2=O)cc1. The smallest absolute Gasteiger partial charge is 0.231 e. The third-order valence-electron chi connectivity index (χ3n) is 5.90. The van der Waals surface area contributed by atoms with Crippen LogP contribution in [0.5, 0.6) is 17.2 Å². The van der Waals surface area contributed by atoms with Crippen LogP contribution in [0, 0.1) is 6.92 Å². The first-order valence-corrected chi connectivity index (χ1v) is 10.3. The monoisotopic (exact) mass is 407 g/mol. The zero-order valence-electron chi connectivity index (χ0n) is 17.3. The number of allylic oxidation sites excluding steroid dienone is 1. The fourth-order valence-corrected chi connectivity index (χ4v) is 4.34. The van der Waals surface area contributed by atoms with Crippen LogP contribution in [0.25, 0.3) is 6.08 Å². The van der Waals surface area contributed by atoms with Crippen LogP contribution in [0.15, 0.2) is 36.1 Å². The van der Waals surface area contributed by atoms with Crippen molar-refractivity contribution in [1.29, 1.82) is 0 Å². The summed E-state index contributed by atoms with van der Waals surface area (Å²) < 4.78 is 23.0. The predicted molar refractivity (Wildman–Crippen MR) is 112 cm³/mol. The predicted octanol–water partition coefficient (Wildman–Crippen LogP) is 3.95. The fraction of sp³-hybridized carbons (Fsp3) is 0.375. The lowest BCUT2D eigenvalue weighted by Gasteiger charge is -2.31. The van der Waals surface area contributed by atoms with Crippen LogP contribution in [-0.4, -0.2) is 43.8 Å². The second kappa shape index (κ2) is 7.78. The zero-order valence-corrected chi connectivity index (χ0v) is 17.3. The Kier molecular flexibility index (Phi) is 4.97. The van der Waals surface area contributed by atoms with E-state index in [1.54, 1.807) is 13.2 Å². The van der Waals surface area contributed by atoms with E-state index in [0.717, 1.165) is 60.7 Å². The largest absolute Gasteiger partial charge is 0.497 e. The summed E-state index contributed by atoms with van der Waals surface area (Å²) in [4.78, 5) is 15.3. The molecule has 1 atom stereocenters. The molecule has 0 aromatic heterocycles. The van der Waals surface area contributed by atoms with Gasteiger partial charge in [0.1, 0.15) is 24.0 Å². The van der Waals surface area contributed by atoms with Gasteiger partial charge in [0.25, 0.3) is 0 Å². The highest BCUT2D eigenvalue weighted by atomic mass is 16.5. The summed E-state index contributed by atoms with van der Waals surface area (Å²) in [6.07, 6.45) is 4.26. The molecular weight excluding hydrogens is 382 g/mol. The molecular formula is C24H25NO5. The van der Waals surface area contributed by atoms with Crippen molar-refractivity contribution >= 4 is 11.9 Å². The van der Waals surface area contributed by atoms with Gasteiger partial charge < -0.3 is 18.9 Å². The number of benzene rings is 2. The van der Waals surface area contributed by atoms with E-state index < -0.39 is 0 Å². The minimum Gasteiger partial charge on any atom is -0.497 e. The van der Waals surface area contributed by atoms with Crippen molar-refractivity contribution in [2.75, 3.05) is 27.0 Å². The Labute approximate surface area is 176 Å². The molecule has 3 heterocycles. The highest BCUT2D eigenvalue weighted by Crippen LogP contribution is 2.43. The summed E-state index contributed by atoms with van der Waals surface area (Å²) in [5, 5.41) is 0. The Morgan fingerprint density at radius 2 is 2.07 bits per heavy atom. The quantitative estimate of drug-likeness (QED) is 0.716. The average molecular weight is 407 g/mol. The van der Waals surface area contributed by atoms with Crippen molar-refractivity contribution in [3.05, 3.63) is 58.3 Å². The molecule has 0 amide bonds. The van der Waals surface area contributed by atoms with Crippen LogP contribution in [0.1, 0.15) is 39.9 Å². The lowest BCUT2D eigenvalue weighted by atomic mass is 10.00. The number of Topliss-reactive ketones (excluding diaryl/α,β-unsaturated/α-hetero) is 1. The van der Waals surface area contributed by atoms with Gasteiger partial charge in [0.15, 0.2) is 5.76 Å². The third-order valence-corrected chi connectivity index (χ3v) is 5.90. The van der Waals surface area contributed by atoms with E-state index in [-0.39, 0.29) is 11.9 Å². The van der Waals surface area contributed by atoms with Crippen molar-refractivity contribution in [2.24, 2.45) is 0 Å². The van der Waals surface area contributed by atoms with E-state index in [1.807, 2.05) is 37.3 Å². The number of ether oxygens (including phenoxy) is 4. The maximum atomic E-state index is 13.0. The van der Waals surface area contributed by atoms with Crippen molar-refractivity contribution < 1.29 is 23.7 Å². The summed E-state index contributed by atoms with van der Waals surface area (Å²) in [5.41, 5.74) is 3.39. The molecule has 0 spiro atoms. The van der Waals surface area contributed by atoms with E-state index >= 15 is 0 Å². The molecule has 6 nitrogen and oxygen atoms in total. The number of carbonyl (C=O) groups is 1. The lowest BCUT2D eigenvalue weighted by molar-refractivity contribution is 0.0276. The molecule has 1 unspecified atom stereocenters. The molecule has 6 heteroatoms. The van der Waals surface area contributed by atoms with Gasteiger partial charge in [-0.3, -0.25) is 9.69 Å². The number of hydrogen-bond acceptors (Lipinski definition) is 6. The van der Waals surface area contributed by atoms with Crippen LogP contribution < -0.4 is 14.2 Å². The minimum absolute atomic E-state index is 0.0945. The van der Waals surface area contributed by atoms with Crippen LogP contribution in [0.4, 0.5) is 0 Å². The van der Waals surface area contributed by atoms with Gasteiger partial charge in [-0.1, -0.05) is 12.1 Å². The van der Waals surface area contributed by atoms with Gasteiger partial charge in [-0.05, 0) is 49.6 Å². The topological polar surface area (TPSA) is 57.2 Å². The lowest BCUT2D eigenvalue weighted by Crippen LogP contribution is -2.37. The second-order valence-corrected chi connectivity index (χ2v) is 8.00. The van der Waals surface area contributed by atoms with Gasteiger partial charge >= 0.3 is 0 Å². The van der Waals surface area contributed by atoms with Crippen LogP contribution in [0.2, 0.25) is 0 Å². The number of methoxy groups -OCH3 is 1. The highest BCUT2D eigenvalue weighted by Gasteiger charge is 2.34. The Morgan fingerprint density at radius 3 is 2.80 bits per heavy atom. The third kappa shape index (κ3) is 3.46. The number of ketones is 1. The molecule has 0 bridgehead atoms. The molecule has 156 valence electrons. The molecule has 30 heavy (non-hydrogen) atoms. The van der Waals surface area contributed by atoms with E-state index in [2.05, 4.69) is 4.90 Å². The Bertz CT molecular complexity index is 1010. The molecule has 1 saturated heterocycles. The van der Waals surface area contributed by atoms with Crippen LogP contribution in [0.3, 0.4) is 0 Å². The summed E-state index contributed by atoms with van der Waals surface area (Å²) in [5.74, 6) is 2.44. The van der Waals surface area contributed by atoms with Gasteiger partial charge in [-0.2, -0.15) is 0 Å². The molecule has 0 saturated carbocycles. The van der Waals surface area contributed by atoms with Gasteiger partial charge in [-0.15, -0.1) is 0 Å². The van der Waals surface area contributed by atoms with E-state index in [9.17, 15) is 4.79 Å². The highest BCUT2D eigenvalue weighted by molar-refractivity contribution is 6.15. The first-order chi connectivity index (χ1) is 14.6.